The van der Waals surface area contributed by atoms with E-state index in [1.54, 1.807) is 35.0 Å². The Hall–Kier alpha value is -3.91. The molecule has 268 valence electrons. The molecule has 3 aromatic rings. The molecule has 0 radical (unpaired) electrons. The van der Waals surface area contributed by atoms with Crippen LogP contribution in [0.25, 0.3) is 0 Å². The van der Waals surface area contributed by atoms with E-state index in [0.29, 0.717) is 29.9 Å². The Morgan fingerprint density at radius 3 is 2.41 bits per heavy atom. The molecule has 3 amide bonds. The number of β-lactam (4-membered cyclic amide) rings is 1. The number of esters is 1. The number of amides is 3. The van der Waals surface area contributed by atoms with Gasteiger partial charge in [-0.3, -0.25) is 24.1 Å². The third-order valence-corrected chi connectivity index (χ3v) is 13.9. The second-order valence-electron chi connectivity index (χ2n) is 14.6. The Morgan fingerprint density at radius 1 is 1.06 bits per heavy atom. The van der Waals surface area contributed by atoms with Crippen LogP contribution in [-0.4, -0.2) is 67.1 Å². The smallest absolute Gasteiger partial charge is 0.304 e. The van der Waals surface area contributed by atoms with Gasteiger partial charge in [0.2, 0.25) is 20.2 Å². The average Bonchev–Trinajstić information content (AvgIpc) is 3.50. The van der Waals surface area contributed by atoms with Gasteiger partial charge in [0.1, 0.15) is 0 Å². The van der Waals surface area contributed by atoms with E-state index in [-0.39, 0.29) is 43.7 Å². The Bertz CT molecular complexity index is 1900. The average molecular weight is 779 g/mol. The Morgan fingerprint density at radius 2 is 1.76 bits per heavy atom. The zero-order valence-electron chi connectivity index (χ0n) is 29.0. The number of carbonyl (C=O) groups is 4. The molecule has 1 spiro atoms. The lowest BCUT2D eigenvalue weighted by molar-refractivity contribution is -0.154. The van der Waals surface area contributed by atoms with Gasteiger partial charge in [-0.2, -0.15) is 0 Å². The van der Waals surface area contributed by atoms with Crippen LogP contribution in [0.3, 0.4) is 0 Å². The maximum Gasteiger partial charge on any atom is 0.304 e. The van der Waals surface area contributed by atoms with Crippen LogP contribution in [-0.2, 0) is 53.8 Å². The Labute approximate surface area is 305 Å². The molecule has 2 saturated heterocycles. The zero-order valence-corrected chi connectivity index (χ0v) is 31.6. The van der Waals surface area contributed by atoms with Crippen LogP contribution >= 0.6 is 15.9 Å². The van der Waals surface area contributed by atoms with Crippen molar-refractivity contribution in [1.82, 2.24) is 4.90 Å². The van der Waals surface area contributed by atoms with Crippen molar-refractivity contribution in [1.29, 1.82) is 0 Å². The number of carbonyl (C=O) groups excluding carboxylic acids is 4. The Balaban J connectivity index is 1.17. The molecule has 0 aromatic heterocycles. The summed E-state index contributed by atoms with van der Waals surface area (Å²) in [6.07, 6.45) is -0.977. The highest BCUT2D eigenvalue weighted by atomic mass is 79.9. The quantitative estimate of drug-likeness (QED) is 0.134. The van der Waals surface area contributed by atoms with Gasteiger partial charge in [0.15, 0.2) is 11.8 Å². The zero-order chi connectivity index (χ0) is 36.4. The van der Waals surface area contributed by atoms with Gasteiger partial charge in [-0.25, -0.2) is 0 Å². The number of hydrogen-bond acceptors (Lipinski definition) is 7. The molecule has 4 heterocycles. The number of ether oxygens (including phenoxy) is 2. The van der Waals surface area contributed by atoms with Crippen molar-refractivity contribution >= 4 is 59.4 Å². The summed E-state index contributed by atoms with van der Waals surface area (Å²) in [5, 5.41) is 10.3. The normalized spacial score (nSPS) is 27.0. The van der Waals surface area contributed by atoms with Crippen molar-refractivity contribution in [2.45, 2.75) is 88.8 Å². The molecule has 2 fully saturated rings. The minimum atomic E-state index is -3.53. The lowest BCUT2D eigenvalue weighted by Gasteiger charge is -2.39. The first-order valence-corrected chi connectivity index (χ1v) is 21.0. The minimum absolute atomic E-state index is 0.114. The molecule has 4 aliphatic heterocycles. The SMILES string of the molecule is CC(=O)OC1CC(=O)N1c1ccc(CN2C(=O)[C@]3(O[C@H](CC(=O)N4Cc5ccccc5C[C@H]4CO)[C@@H]([Si](C)(C)F)[C@@H]3C)c3cc(Br)ccc32)cc1. The lowest BCUT2D eigenvalue weighted by atomic mass is 9.82. The lowest BCUT2D eigenvalue weighted by Crippen LogP contribution is -2.54. The Kier molecular flexibility index (Phi) is 9.22. The van der Waals surface area contributed by atoms with Gasteiger partial charge in [-0.05, 0) is 66.5 Å². The van der Waals surface area contributed by atoms with Gasteiger partial charge in [0.25, 0.3) is 5.91 Å². The number of anilines is 2. The molecule has 13 heteroatoms. The highest BCUT2D eigenvalue weighted by Crippen LogP contribution is 2.60. The molecule has 6 atom stereocenters. The summed E-state index contributed by atoms with van der Waals surface area (Å²) >= 11 is 3.57. The molecule has 1 unspecified atom stereocenters. The molecule has 1 N–H and O–H groups in total. The first-order valence-electron chi connectivity index (χ1n) is 17.3. The van der Waals surface area contributed by atoms with Crippen molar-refractivity contribution < 1.29 is 37.9 Å². The summed E-state index contributed by atoms with van der Waals surface area (Å²) in [7, 11) is -3.53. The molecule has 0 bridgehead atoms. The molecule has 10 nitrogen and oxygen atoms in total. The minimum Gasteiger partial charge on any atom is -0.441 e. The molecule has 0 saturated carbocycles. The van der Waals surface area contributed by atoms with E-state index in [0.717, 1.165) is 21.2 Å². The number of aliphatic hydroxyl groups is 1. The standard InChI is InChI=1S/C38H41BrFN3O7Si/c1-22-36(51(3,4)40)32(17-33(46)41-20-26-8-6-5-7-25(26)15-29(41)21-44)50-38(22)30-16-27(39)11-14-31(30)42(37(38)48)19-24-9-12-28(13-10-24)43-34(47)18-35(43)49-23(2)45/h5-14,16,22,29,32,35-36,44H,15,17-21H2,1-4H3/t22-,29-,32+,35?,36-,38+/m0/s1. The van der Waals surface area contributed by atoms with Crippen LogP contribution in [0.5, 0.6) is 0 Å². The third kappa shape index (κ3) is 6.11. The fraction of sp³-hybridized carbons (Fsp3) is 0.421. The van der Waals surface area contributed by atoms with E-state index in [1.165, 1.54) is 11.8 Å². The van der Waals surface area contributed by atoms with Gasteiger partial charge in [0, 0.05) is 40.7 Å². The van der Waals surface area contributed by atoms with E-state index in [9.17, 15) is 24.3 Å². The highest BCUT2D eigenvalue weighted by Gasteiger charge is 2.67. The molecule has 0 aliphatic carbocycles. The van der Waals surface area contributed by atoms with E-state index in [1.807, 2.05) is 61.5 Å². The number of aliphatic hydroxyl groups excluding tert-OH is 1. The summed E-state index contributed by atoms with van der Waals surface area (Å²) in [4.78, 5) is 57.5. The van der Waals surface area contributed by atoms with Crippen LogP contribution in [0.2, 0.25) is 18.6 Å². The van der Waals surface area contributed by atoms with Gasteiger partial charge in [-0.1, -0.05) is 59.3 Å². The summed E-state index contributed by atoms with van der Waals surface area (Å²) in [6, 6.07) is 20.1. The van der Waals surface area contributed by atoms with Crippen molar-refractivity contribution in [2.24, 2.45) is 5.92 Å². The van der Waals surface area contributed by atoms with Crippen LogP contribution in [0.4, 0.5) is 15.5 Å². The number of benzene rings is 3. The van der Waals surface area contributed by atoms with Crippen LogP contribution in [0.15, 0.2) is 71.2 Å². The van der Waals surface area contributed by atoms with Gasteiger partial charge in [0.05, 0.1) is 43.8 Å². The summed E-state index contributed by atoms with van der Waals surface area (Å²) < 4.78 is 29.3. The number of nitrogens with zero attached hydrogens (tertiary/aromatic N) is 3. The van der Waals surface area contributed by atoms with Gasteiger partial charge >= 0.3 is 5.97 Å². The van der Waals surface area contributed by atoms with Crippen molar-refractivity contribution in [3.8, 4) is 0 Å². The predicted octanol–water partition coefficient (Wildman–Crippen LogP) is 5.73. The molecular weight excluding hydrogens is 737 g/mol. The van der Waals surface area contributed by atoms with Crippen LogP contribution in [0.1, 0.15) is 48.9 Å². The van der Waals surface area contributed by atoms with E-state index < -0.39 is 49.8 Å². The maximum atomic E-state index is 16.5. The first kappa shape index (κ1) is 35.5. The summed E-state index contributed by atoms with van der Waals surface area (Å²) in [5.74, 6) is -1.77. The van der Waals surface area contributed by atoms with E-state index >= 15 is 4.11 Å². The van der Waals surface area contributed by atoms with Gasteiger partial charge in [-0.15, -0.1) is 0 Å². The first-order chi connectivity index (χ1) is 24.2. The highest BCUT2D eigenvalue weighted by molar-refractivity contribution is 9.10. The van der Waals surface area contributed by atoms with E-state index in [2.05, 4.69) is 15.9 Å². The summed E-state index contributed by atoms with van der Waals surface area (Å²) in [5.41, 5.74) is 2.55. The predicted molar refractivity (Wildman–Crippen MR) is 194 cm³/mol. The van der Waals surface area contributed by atoms with Crippen molar-refractivity contribution in [2.75, 3.05) is 16.4 Å². The fourth-order valence-corrected chi connectivity index (χ4v) is 11.5. The van der Waals surface area contributed by atoms with E-state index in [4.69, 9.17) is 9.47 Å². The molecule has 7 rings (SSSR count). The van der Waals surface area contributed by atoms with Crippen molar-refractivity contribution in [3.63, 3.8) is 0 Å². The third-order valence-electron chi connectivity index (χ3n) is 10.9. The molecular formula is C38H41BrFN3O7Si. The van der Waals surface area contributed by atoms with Gasteiger partial charge < -0.3 is 28.5 Å². The number of halogens is 2. The van der Waals surface area contributed by atoms with Crippen molar-refractivity contribution in [3.05, 3.63) is 93.5 Å². The molecule has 51 heavy (non-hydrogen) atoms. The number of hydrogen-bond donors (Lipinski definition) is 1. The second kappa shape index (κ2) is 13.3. The molecule has 4 aliphatic rings. The topological polar surface area (TPSA) is 117 Å². The summed E-state index contributed by atoms with van der Waals surface area (Å²) in [6.45, 7) is 6.70. The monoisotopic (exact) mass is 777 g/mol. The fourth-order valence-electron chi connectivity index (χ4n) is 8.64. The number of fused-ring (bicyclic) bond motifs is 3. The second-order valence-corrected chi connectivity index (χ2v) is 19.3. The number of rotatable bonds is 8. The largest absolute Gasteiger partial charge is 0.441 e. The van der Waals surface area contributed by atoms with Crippen LogP contribution in [0, 0.1) is 5.92 Å². The maximum absolute atomic E-state index is 16.5. The molecule has 3 aromatic carbocycles. The van der Waals surface area contributed by atoms with Crippen LogP contribution < -0.4 is 9.80 Å².